The van der Waals surface area contributed by atoms with E-state index < -0.39 is 0 Å². The molecule has 0 aliphatic rings. The topological polar surface area (TPSA) is 70.9 Å². The van der Waals surface area contributed by atoms with Crippen LogP contribution in [0.2, 0.25) is 0 Å². The van der Waals surface area contributed by atoms with Crippen molar-refractivity contribution < 1.29 is 0 Å². The molecule has 0 aliphatic heterocycles. The van der Waals surface area contributed by atoms with Gasteiger partial charge in [0, 0.05) is 24.5 Å². The Hall–Kier alpha value is -1.89. The third kappa shape index (κ3) is 2.01. The van der Waals surface area contributed by atoms with E-state index in [0.29, 0.717) is 12.5 Å². The second kappa shape index (κ2) is 4.17. The van der Waals surface area contributed by atoms with Gasteiger partial charge in [-0.2, -0.15) is 10.1 Å². The molecule has 2 N–H and O–H groups in total. The molecule has 0 aromatic carbocycles. The molecule has 0 atom stereocenters. The van der Waals surface area contributed by atoms with Gasteiger partial charge in [0.15, 0.2) is 5.65 Å². The Labute approximate surface area is 105 Å². The summed E-state index contributed by atoms with van der Waals surface area (Å²) in [5, 5.41) is 14.1. The van der Waals surface area contributed by atoms with Crippen LogP contribution in [0.5, 0.6) is 0 Å². The molecule has 3 heterocycles. The number of rotatable bonds is 3. The zero-order chi connectivity index (χ0) is 11.7. The Kier molecular flexibility index (Phi) is 2.52. The molecule has 0 radical (unpaired) electrons. The number of hydrogen-bond donors (Lipinski definition) is 2. The van der Waals surface area contributed by atoms with Gasteiger partial charge in [-0.25, -0.2) is 4.52 Å². The number of anilines is 1. The number of hydrogen-bond acceptors (Lipinski definition) is 4. The fourth-order valence-corrected chi connectivity index (χ4v) is 1.93. The lowest BCUT2D eigenvalue weighted by atomic mass is 10.4. The number of pyridine rings is 1. The van der Waals surface area contributed by atoms with Crippen molar-refractivity contribution in [3.05, 3.63) is 40.8 Å². The fraction of sp³-hybridized carbons (Fsp3) is 0.100. The van der Waals surface area contributed by atoms with E-state index in [1.54, 1.807) is 10.7 Å². The predicted molar refractivity (Wildman–Crippen MR) is 66.6 cm³/mol. The summed E-state index contributed by atoms with van der Waals surface area (Å²) in [5.41, 5.74) is 1.85. The molecule has 0 unspecified atom stereocenters. The number of H-pyrrole nitrogens is 1. The van der Waals surface area contributed by atoms with Gasteiger partial charge in [0.2, 0.25) is 5.95 Å². The van der Waals surface area contributed by atoms with Gasteiger partial charge in [0.1, 0.15) is 0 Å². The molecule has 0 saturated carbocycles. The van der Waals surface area contributed by atoms with Crippen molar-refractivity contribution in [1.29, 1.82) is 0 Å². The largest absolute Gasteiger partial charge is 0.349 e. The van der Waals surface area contributed by atoms with Gasteiger partial charge in [-0.15, -0.1) is 5.10 Å². The maximum absolute atomic E-state index is 4.37. The Balaban J connectivity index is 1.84. The number of halogens is 1. The molecule has 0 amide bonds. The van der Waals surface area contributed by atoms with Crippen LogP contribution in [0.3, 0.4) is 0 Å². The fourth-order valence-electron chi connectivity index (χ4n) is 1.50. The molecular formula is C10H9BrN6. The first kappa shape index (κ1) is 10.3. The van der Waals surface area contributed by atoms with Crippen LogP contribution in [0.1, 0.15) is 5.56 Å². The van der Waals surface area contributed by atoms with Gasteiger partial charge in [-0.3, -0.25) is 5.10 Å². The number of aromatic nitrogens is 5. The predicted octanol–water partition coefficient (Wildman–Crippen LogP) is 1.83. The van der Waals surface area contributed by atoms with Gasteiger partial charge in [0.25, 0.3) is 0 Å². The van der Waals surface area contributed by atoms with Crippen LogP contribution in [0.15, 0.2) is 35.2 Å². The van der Waals surface area contributed by atoms with Gasteiger partial charge in [-0.1, -0.05) is 0 Å². The van der Waals surface area contributed by atoms with Crippen LogP contribution in [0.4, 0.5) is 5.95 Å². The molecule has 3 rings (SSSR count). The Morgan fingerprint density at radius 2 is 2.41 bits per heavy atom. The molecule has 7 heteroatoms. The van der Waals surface area contributed by atoms with Crippen molar-refractivity contribution in [2.45, 2.75) is 6.54 Å². The summed E-state index contributed by atoms with van der Waals surface area (Å²) in [4.78, 5) is 4.37. The smallest absolute Gasteiger partial charge is 0.243 e. The highest BCUT2D eigenvalue weighted by Gasteiger charge is 2.05. The van der Waals surface area contributed by atoms with Crippen molar-refractivity contribution in [3.63, 3.8) is 0 Å². The maximum Gasteiger partial charge on any atom is 0.243 e. The van der Waals surface area contributed by atoms with Crippen LogP contribution in [-0.4, -0.2) is 24.8 Å². The highest BCUT2D eigenvalue weighted by Crippen LogP contribution is 2.16. The molecule has 3 aromatic heterocycles. The first-order valence-corrected chi connectivity index (χ1v) is 5.84. The zero-order valence-corrected chi connectivity index (χ0v) is 10.3. The first-order valence-electron chi connectivity index (χ1n) is 5.05. The number of fused-ring (bicyclic) bond motifs is 1. The minimum atomic E-state index is 0.595. The Morgan fingerprint density at radius 3 is 3.18 bits per heavy atom. The van der Waals surface area contributed by atoms with Crippen molar-refractivity contribution in [3.8, 4) is 0 Å². The van der Waals surface area contributed by atoms with E-state index in [-0.39, 0.29) is 0 Å². The molecule has 0 saturated heterocycles. The third-order valence-electron chi connectivity index (χ3n) is 2.32. The summed E-state index contributed by atoms with van der Waals surface area (Å²) in [5.74, 6) is 0.595. The molecule has 86 valence electrons. The molecule has 0 spiro atoms. The van der Waals surface area contributed by atoms with Gasteiger partial charge in [-0.05, 0) is 28.1 Å². The first-order chi connectivity index (χ1) is 8.33. The van der Waals surface area contributed by atoms with E-state index in [2.05, 4.69) is 41.5 Å². The van der Waals surface area contributed by atoms with E-state index in [1.807, 2.05) is 24.5 Å². The second-order valence-electron chi connectivity index (χ2n) is 3.52. The second-order valence-corrected chi connectivity index (χ2v) is 4.37. The summed E-state index contributed by atoms with van der Waals surface area (Å²) >= 11 is 3.43. The van der Waals surface area contributed by atoms with Crippen molar-refractivity contribution >= 4 is 27.5 Å². The summed E-state index contributed by atoms with van der Waals surface area (Å²) < 4.78 is 2.64. The normalized spacial score (nSPS) is 10.9. The lowest BCUT2D eigenvalue weighted by molar-refractivity contribution is 0.948. The average Bonchev–Trinajstić information content (AvgIpc) is 2.95. The standard InChI is InChI=1S/C10H9BrN6/c11-8-2-1-3-17-9(8)15-10(16-17)12-4-7-5-13-14-6-7/h1-3,5-6H,4H2,(H,12,16)(H,13,14). The zero-order valence-electron chi connectivity index (χ0n) is 8.76. The summed E-state index contributed by atoms with van der Waals surface area (Å²) in [7, 11) is 0. The molecule has 6 nitrogen and oxygen atoms in total. The monoisotopic (exact) mass is 292 g/mol. The van der Waals surface area contributed by atoms with Gasteiger partial charge < -0.3 is 5.32 Å². The van der Waals surface area contributed by atoms with Crippen LogP contribution in [-0.2, 0) is 6.54 Å². The molecular weight excluding hydrogens is 284 g/mol. The van der Waals surface area contributed by atoms with Gasteiger partial charge >= 0.3 is 0 Å². The van der Waals surface area contributed by atoms with Crippen molar-refractivity contribution in [1.82, 2.24) is 24.8 Å². The van der Waals surface area contributed by atoms with Crippen LogP contribution in [0.25, 0.3) is 5.65 Å². The van der Waals surface area contributed by atoms with Gasteiger partial charge in [0.05, 0.1) is 10.7 Å². The molecule has 0 bridgehead atoms. The van der Waals surface area contributed by atoms with E-state index in [4.69, 9.17) is 0 Å². The van der Waals surface area contributed by atoms with Crippen molar-refractivity contribution in [2.24, 2.45) is 0 Å². The summed E-state index contributed by atoms with van der Waals surface area (Å²) in [6.07, 6.45) is 5.45. The maximum atomic E-state index is 4.37. The molecule has 17 heavy (non-hydrogen) atoms. The number of nitrogens with one attached hydrogen (secondary N) is 2. The minimum Gasteiger partial charge on any atom is -0.349 e. The lowest BCUT2D eigenvalue weighted by Gasteiger charge is -1.96. The highest BCUT2D eigenvalue weighted by molar-refractivity contribution is 9.10. The Bertz CT molecular complexity index is 629. The van der Waals surface area contributed by atoms with Crippen LogP contribution in [0, 0.1) is 0 Å². The van der Waals surface area contributed by atoms with E-state index in [0.717, 1.165) is 15.7 Å². The Morgan fingerprint density at radius 1 is 1.47 bits per heavy atom. The number of aromatic amines is 1. The quantitative estimate of drug-likeness (QED) is 0.773. The van der Waals surface area contributed by atoms with E-state index >= 15 is 0 Å². The summed E-state index contributed by atoms with van der Waals surface area (Å²) in [6, 6.07) is 3.84. The highest BCUT2D eigenvalue weighted by atomic mass is 79.9. The van der Waals surface area contributed by atoms with E-state index in [1.165, 1.54) is 0 Å². The number of nitrogens with zero attached hydrogens (tertiary/aromatic N) is 4. The molecule has 0 aliphatic carbocycles. The molecule has 0 fully saturated rings. The van der Waals surface area contributed by atoms with Crippen LogP contribution >= 0.6 is 15.9 Å². The average molecular weight is 293 g/mol. The lowest BCUT2D eigenvalue weighted by Crippen LogP contribution is -2.00. The van der Waals surface area contributed by atoms with Crippen LogP contribution < -0.4 is 5.32 Å². The van der Waals surface area contributed by atoms with E-state index in [9.17, 15) is 0 Å². The SMILES string of the molecule is Brc1cccn2nc(NCc3cn[nH]c3)nc12. The summed E-state index contributed by atoms with van der Waals surface area (Å²) in [6.45, 7) is 0.644. The minimum absolute atomic E-state index is 0.595. The van der Waals surface area contributed by atoms with Crippen molar-refractivity contribution in [2.75, 3.05) is 5.32 Å². The molecule has 3 aromatic rings. The third-order valence-corrected chi connectivity index (χ3v) is 2.94.